The number of urea groups is 1. The topological polar surface area (TPSA) is 32.3 Å². The maximum absolute atomic E-state index is 11.8. The van der Waals surface area contributed by atoms with Crippen LogP contribution in [-0.2, 0) is 0 Å². The summed E-state index contributed by atoms with van der Waals surface area (Å²) in [6, 6.07) is 0.987. The highest BCUT2D eigenvalue weighted by molar-refractivity contribution is 5.78. The third-order valence-corrected chi connectivity index (χ3v) is 3.31. The summed E-state index contributed by atoms with van der Waals surface area (Å²) in [5, 5.41) is 3.10. The van der Waals surface area contributed by atoms with Gasteiger partial charge in [-0.2, -0.15) is 0 Å². The van der Waals surface area contributed by atoms with Gasteiger partial charge in [0.05, 0.1) is 12.1 Å². The molecule has 0 bridgehead atoms. The van der Waals surface area contributed by atoms with Gasteiger partial charge in [-0.1, -0.05) is 12.8 Å². The van der Waals surface area contributed by atoms with Crippen molar-refractivity contribution in [3.05, 3.63) is 0 Å². The van der Waals surface area contributed by atoms with Crippen LogP contribution in [0.5, 0.6) is 0 Å². The van der Waals surface area contributed by atoms with Gasteiger partial charge in [-0.25, -0.2) is 4.79 Å². The van der Waals surface area contributed by atoms with E-state index in [1.54, 1.807) is 0 Å². The largest absolute Gasteiger partial charge is 0.333 e. The van der Waals surface area contributed by atoms with Crippen LogP contribution >= 0.6 is 0 Å². The molecule has 1 aliphatic carbocycles. The number of amides is 2. The monoisotopic (exact) mass is 196 g/mol. The van der Waals surface area contributed by atoms with Gasteiger partial charge < -0.3 is 10.2 Å². The molecule has 2 fully saturated rings. The first-order valence-electron chi connectivity index (χ1n) is 5.60. The SMILES string of the molecule is CC(C)(C)N1C(=O)NC2CCCCC21. The quantitative estimate of drug-likeness (QED) is 0.632. The first-order chi connectivity index (χ1) is 6.50. The summed E-state index contributed by atoms with van der Waals surface area (Å²) in [6.45, 7) is 6.34. The van der Waals surface area contributed by atoms with Gasteiger partial charge in [-0.3, -0.25) is 0 Å². The fourth-order valence-electron chi connectivity index (χ4n) is 2.77. The number of hydrogen-bond acceptors (Lipinski definition) is 1. The molecule has 0 spiro atoms. The van der Waals surface area contributed by atoms with Gasteiger partial charge in [-0.15, -0.1) is 0 Å². The van der Waals surface area contributed by atoms with Gasteiger partial charge in [0.15, 0.2) is 0 Å². The van der Waals surface area contributed by atoms with Crippen LogP contribution in [-0.4, -0.2) is 28.6 Å². The van der Waals surface area contributed by atoms with Crippen LogP contribution in [0.3, 0.4) is 0 Å². The minimum atomic E-state index is -0.0408. The zero-order valence-electron chi connectivity index (χ0n) is 9.34. The minimum absolute atomic E-state index is 0.0408. The Morgan fingerprint density at radius 1 is 1.29 bits per heavy atom. The molecule has 1 heterocycles. The van der Waals surface area contributed by atoms with Crippen molar-refractivity contribution in [2.75, 3.05) is 0 Å². The van der Waals surface area contributed by atoms with Crippen LogP contribution in [0.2, 0.25) is 0 Å². The Kier molecular flexibility index (Phi) is 2.20. The second-order valence-electron chi connectivity index (χ2n) is 5.45. The molecular weight excluding hydrogens is 176 g/mol. The molecule has 2 amide bonds. The van der Waals surface area contributed by atoms with E-state index in [1.165, 1.54) is 19.3 Å². The van der Waals surface area contributed by atoms with E-state index < -0.39 is 0 Å². The van der Waals surface area contributed by atoms with Crippen LogP contribution in [0, 0.1) is 0 Å². The Hall–Kier alpha value is -0.730. The summed E-state index contributed by atoms with van der Waals surface area (Å²) in [5.41, 5.74) is -0.0408. The van der Waals surface area contributed by atoms with E-state index >= 15 is 0 Å². The fraction of sp³-hybridized carbons (Fsp3) is 0.909. The van der Waals surface area contributed by atoms with E-state index in [9.17, 15) is 4.79 Å². The van der Waals surface area contributed by atoms with Crippen molar-refractivity contribution in [3.8, 4) is 0 Å². The minimum Gasteiger partial charge on any atom is -0.333 e. The summed E-state index contributed by atoms with van der Waals surface area (Å²) in [4.78, 5) is 13.8. The second kappa shape index (κ2) is 3.14. The van der Waals surface area contributed by atoms with Crippen molar-refractivity contribution in [2.24, 2.45) is 0 Å². The Labute approximate surface area is 85.8 Å². The number of carbonyl (C=O) groups excluding carboxylic acids is 1. The van der Waals surface area contributed by atoms with E-state index in [0.717, 1.165) is 6.42 Å². The number of rotatable bonds is 0. The maximum Gasteiger partial charge on any atom is 0.318 e. The Morgan fingerprint density at radius 2 is 1.93 bits per heavy atom. The highest BCUT2D eigenvalue weighted by Crippen LogP contribution is 2.32. The van der Waals surface area contributed by atoms with Crippen LogP contribution in [0.1, 0.15) is 46.5 Å². The normalized spacial score (nSPS) is 32.8. The van der Waals surface area contributed by atoms with E-state index in [-0.39, 0.29) is 11.6 Å². The first kappa shape index (κ1) is 9.81. The summed E-state index contributed by atoms with van der Waals surface area (Å²) in [5.74, 6) is 0. The summed E-state index contributed by atoms with van der Waals surface area (Å²) in [6.07, 6.45) is 4.85. The predicted molar refractivity (Wildman–Crippen MR) is 56.2 cm³/mol. The molecule has 3 heteroatoms. The molecule has 1 saturated heterocycles. The summed E-state index contributed by atoms with van der Waals surface area (Å²) < 4.78 is 0. The molecule has 0 radical (unpaired) electrons. The van der Waals surface area contributed by atoms with E-state index in [4.69, 9.17) is 0 Å². The zero-order chi connectivity index (χ0) is 10.3. The molecule has 1 aliphatic heterocycles. The molecule has 0 aromatic rings. The van der Waals surface area contributed by atoms with Crippen molar-refractivity contribution in [3.63, 3.8) is 0 Å². The Balaban J connectivity index is 2.20. The molecule has 2 unspecified atom stereocenters. The molecule has 2 rings (SSSR count). The number of fused-ring (bicyclic) bond motifs is 1. The smallest absolute Gasteiger partial charge is 0.318 e. The maximum atomic E-state index is 11.8. The number of hydrogen-bond donors (Lipinski definition) is 1. The molecule has 1 saturated carbocycles. The lowest BCUT2D eigenvalue weighted by Crippen LogP contribution is -2.49. The molecule has 2 aliphatic rings. The van der Waals surface area contributed by atoms with Crippen LogP contribution in [0.15, 0.2) is 0 Å². The highest BCUT2D eigenvalue weighted by Gasteiger charge is 2.44. The van der Waals surface area contributed by atoms with Crippen LogP contribution in [0.4, 0.5) is 4.79 Å². The van der Waals surface area contributed by atoms with Gasteiger partial charge >= 0.3 is 6.03 Å². The standard InChI is InChI=1S/C11H20N2O/c1-11(2,3)13-9-7-5-4-6-8(9)12-10(13)14/h8-9H,4-7H2,1-3H3,(H,12,14). The molecular formula is C11H20N2O. The Morgan fingerprint density at radius 3 is 2.57 bits per heavy atom. The number of nitrogens with one attached hydrogen (secondary N) is 1. The van der Waals surface area contributed by atoms with Crippen molar-refractivity contribution in [2.45, 2.75) is 64.1 Å². The third kappa shape index (κ3) is 1.49. The molecule has 3 nitrogen and oxygen atoms in total. The lowest BCUT2D eigenvalue weighted by Gasteiger charge is -2.38. The van der Waals surface area contributed by atoms with Crippen molar-refractivity contribution in [1.29, 1.82) is 0 Å². The summed E-state index contributed by atoms with van der Waals surface area (Å²) in [7, 11) is 0. The molecule has 2 atom stereocenters. The zero-order valence-corrected chi connectivity index (χ0v) is 9.34. The molecule has 0 aromatic carbocycles. The van der Waals surface area contributed by atoms with Crippen molar-refractivity contribution < 1.29 is 4.79 Å². The fourth-order valence-corrected chi connectivity index (χ4v) is 2.77. The molecule has 14 heavy (non-hydrogen) atoms. The number of carbonyl (C=O) groups is 1. The van der Waals surface area contributed by atoms with Crippen molar-refractivity contribution >= 4 is 6.03 Å². The van der Waals surface area contributed by atoms with Gasteiger partial charge in [0.1, 0.15) is 0 Å². The van der Waals surface area contributed by atoms with Crippen LogP contribution in [0.25, 0.3) is 0 Å². The van der Waals surface area contributed by atoms with Gasteiger partial charge in [0.2, 0.25) is 0 Å². The average Bonchev–Trinajstić information content (AvgIpc) is 2.38. The van der Waals surface area contributed by atoms with E-state index in [2.05, 4.69) is 26.1 Å². The molecule has 1 N–H and O–H groups in total. The van der Waals surface area contributed by atoms with Gasteiger partial charge in [-0.05, 0) is 33.6 Å². The highest BCUT2D eigenvalue weighted by atomic mass is 16.2. The molecule has 0 aromatic heterocycles. The predicted octanol–water partition coefficient (Wildman–Crippen LogP) is 2.12. The number of nitrogens with zero attached hydrogens (tertiary/aromatic N) is 1. The van der Waals surface area contributed by atoms with Crippen molar-refractivity contribution in [1.82, 2.24) is 10.2 Å². The lowest BCUT2D eigenvalue weighted by atomic mass is 9.89. The lowest BCUT2D eigenvalue weighted by molar-refractivity contribution is 0.120. The van der Waals surface area contributed by atoms with Gasteiger partial charge in [0, 0.05) is 5.54 Å². The average molecular weight is 196 g/mol. The summed E-state index contributed by atoms with van der Waals surface area (Å²) >= 11 is 0. The third-order valence-electron chi connectivity index (χ3n) is 3.31. The molecule has 80 valence electrons. The first-order valence-corrected chi connectivity index (χ1v) is 5.60. The van der Waals surface area contributed by atoms with E-state index in [0.29, 0.717) is 12.1 Å². The van der Waals surface area contributed by atoms with Crippen LogP contribution < -0.4 is 5.32 Å². The Bertz CT molecular complexity index is 244. The van der Waals surface area contributed by atoms with E-state index in [1.807, 2.05) is 4.90 Å². The van der Waals surface area contributed by atoms with Gasteiger partial charge in [0.25, 0.3) is 0 Å². The second-order valence-corrected chi connectivity index (χ2v) is 5.45.